The van der Waals surface area contributed by atoms with E-state index >= 15 is 0 Å². The molecule has 0 saturated carbocycles. The second-order valence-electron chi connectivity index (χ2n) is 4.88. The SMILES string of the molecule is Cc1ccoc1C(=O)N1CCNCC1(C)C. The van der Waals surface area contributed by atoms with Crippen LogP contribution in [0.5, 0.6) is 0 Å². The van der Waals surface area contributed by atoms with Gasteiger partial charge in [0.15, 0.2) is 5.76 Å². The largest absolute Gasteiger partial charge is 0.459 e. The summed E-state index contributed by atoms with van der Waals surface area (Å²) in [7, 11) is 0. The van der Waals surface area contributed by atoms with Crippen molar-refractivity contribution < 1.29 is 9.21 Å². The highest BCUT2D eigenvalue weighted by Gasteiger charge is 2.35. The van der Waals surface area contributed by atoms with E-state index in [2.05, 4.69) is 19.2 Å². The molecule has 16 heavy (non-hydrogen) atoms. The van der Waals surface area contributed by atoms with Crippen LogP contribution in [0.1, 0.15) is 30.0 Å². The van der Waals surface area contributed by atoms with Crippen molar-refractivity contribution in [1.29, 1.82) is 0 Å². The first kappa shape index (κ1) is 11.2. The average molecular weight is 222 g/mol. The van der Waals surface area contributed by atoms with Crippen LogP contribution in [-0.4, -0.2) is 36.0 Å². The summed E-state index contributed by atoms with van der Waals surface area (Å²) >= 11 is 0. The predicted octanol–water partition coefficient (Wildman–Crippen LogP) is 1.41. The summed E-state index contributed by atoms with van der Waals surface area (Å²) in [6.07, 6.45) is 1.57. The number of amides is 1. The first-order valence-electron chi connectivity index (χ1n) is 5.59. The maximum atomic E-state index is 12.3. The number of rotatable bonds is 1. The molecule has 0 spiro atoms. The third-order valence-electron chi connectivity index (χ3n) is 3.10. The Kier molecular flexibility index (Phi) is 2.76. The van der Waals surface area contributed by atoms with E-state index in [9.17, 15) is 4.79 Å². The molecule has 1 amide bonds. The lowest BCUT2D eigenvalue weighted by Crippen LogP contribution is -2.59. The van der Waals surface area contributed by atoms with Crippen LogP contribution in [0.2, 0.25) is 0 Å². The maximum absolute atomic E-state index is 12.3. The van der Waals surface area contributed by atoms with E-state index in [4.69, 9.17) is 4.42 Å². The minimum absolute atomic E-state index is 0.00556. The van der Waals surface area contributed by atoms with Crippen molar-refractivity contribution in [3.05, 3.63) is 23.7 Å². The molecule has 1 fully saturated rings. The van der Waals surface area contributed by atoms with Crippen LogP contribution in [0, 0.1) is 6.92 Å². The van der Waals surface area contributed by atoms with Gasteiger partial charge in [-0.25, -0.2) is 0 Å². The van der Waals surface area contributed by atoms with E-state index in [1.807, 2.05) is 17.9 Å². The van der Waals surface area contributed by atoms with Gasteiger partial charge >= 0.3 is 0 Å². The van der Waals surface area contributed by atoms with Crippen molar-refractivity contribution in [2.45, 2.75) is 26.3 Å². The van der Waals surface area contributed by atoms with E-state index in [1.165, 1.54) is 0 Å². The third-order valence-corrected chi connectivity index (χ3v) is 3.10. The summed E-state index contributed by atoms with van der Waals surface area (Å²) in [5.41, 5.74) is 0.744. The monoisotopic (exact) mass is 222 g/mol. The minimum atomic E-state index is -0.158. The van der Waals surface area contributed by atoms with Gasteiger partial charge in [0.2, 0.25) is 0 Å². The quantitative estimate of drug-likeness (QED) is 0.781. The van der Waals surface area contributed by atoms with Crippen molar-refractivity contribution in [2.75, 3.05) is 19.6 Å². The lowest BCUT2D eigenvalue weighted by atomic mass is 9.99. The summed E-state index contributed by atoms with van der Waals surface area (Å²) in [6, 6.07) is 1.82. The zero-order valence-electron chi connectivity index (χ0n) is 10.0. The van der Waals surface area contributed by atoms with E-state index in [1.54, 1.807) is 6.26 Å². The molecule has 0 unspecified atom stereocenters. The van der Waals surface area contributed by atoms with Gasteiger partial charge in [0.1, 0.15) is 0 Å². The fourth-order valence-corrected chi connectivity index (χ4v) is 2.07. The van der Waals surface area contributed by atoms with Gasteiger partial charge in [-0.15, -0.1) is 0 Å². The van der Waals surface area contributed by atoms with Crippen LogP contribution in [0.3, 0.4) is 0 Å². The summed E-state index contributed by atoms with van der Waals surface area (Å²) < 4.78 is 5.26. The highest BCUT2D eigenvalue weighted by Crippen LogP contribution is 2.21. The molecule has 0 aliphatic carbocycles. The van der Waals surface area contributed by atoms with Gasteiger partial charge in [-0.05, 0) is 26.8 Å². The number of hydrogen-bond donors (Lipinski definition) is 1. The Hall–Kier alpha value is -1.29. The molecule has 1 saturated heterocycles. The molecule has 1 aromatic heterocycles. The summed E-state index contributed by atoms with van der Waals surface area (Å²) in [6.45, 7) is 8.41. The Balaban J connectivity index is 2.24. The molecular weight excluding hydrogens is 204 g/mol. The van der Waals surface area contributed by atoms with E-state index < -0.39 is 0 Å². The highest BCUT2D eigenvalue weighted by atomic mass is 16.3. The summed E-state index contributed by atoms with van der Waals surface area (Å²) in [5.74, 6) is 0.462. The van der Waals surface area contributed by atoms with Crippen LogP contribution in [-0.2, 0) is 0 Å². The van der Waals surface area contributed by atoms with Gasteiger partial charge in [0.05, 0.1) is 11.8 Å². The Morgan fingerprint density at radius 3 is 2.88 bits per heavy atom. The molecule has 0 bridgehead atoms. The van der Waals surface area contributed by atoms with Crippen molar-refractivity contribution >= 4 is 5.91 Å². The zero-order chi connectivity index (χ0) is 11.8. The Labute approximate surface area is 95.6 Å². The van der Waals surface area contributed by atoms with Gasteiger partial charge in [-0.2, -0.15) is 0 Å². The Bertz CT molecular complexity index is 395. The second kappa shape index (κ2) is 3.94. The topological polar surface area (TPSA) is 45.5 Å². The van der Waals surface area contributed by atoms with E-state index in [0.717, 1.165) is 25.2 Å². The number of furan rings is 1. The Morgan fingerprint density at radius 2 is 2.31 bits per heavy atom. The van der Waals surface area contributed by atoms with Crippen LogP contribution in [0.25, 0.3) is 0 Å². The molecule has 4 nitrogen and oxygen atoms in total. The van der Waals surface area contributed by atoms with Crippen LogP contribution in [0.4, 0.5) is 0 Å². The number of piperazine rings is 1. The molecular formula is C12H18N2O2. The van der Waals surface area contributed by atoms with Gasteiger partial charge in [-0.3, -0.25) is 4.79 Å². The van der Waals surface area contributed by atoms with Crippen molar-refractivity contribution in [3.63, 3.8) is 0 Å². The molecule has 2 rings (SSSR count). The van der Waals surface area contributed by atoms with Gasteiger partial charge < -0.3 is 14.6 Å². The maximum Gasteiger partial charge on any atom is 0.290 e. The molecule has 1 aliphatic rings. The standard InChI is InChI=1S/C12H18N2O2/c1-9-4-7-16-10(9)11(15)14-6-5-13-8-12(14,2)3/h4,7,13H,5-6,8H2,1-3H3. The number of carbonyl (C=O) groups excluding carboxylic acids is 1. The van der Waals surface area contributed by atoms with Crippen molar-refractivity contribution in [3.8, 4) is 0 Å². The number of nitrogens with one attached hydrogen (secondary N) is 1. The summed E-state index contributed by atoms with van der Waals surface area (Å²) in [4.78, 5) is 14.2. The highest BCUT2D eigenvalue weighted by molar-refractivity contribution is 5.93. The van der Waals surface area contributed by atoms with E-state index in [-0.39, 0.29) is 11.4 Å². The number of hydrogen-bond acceptors (Lipinski definition) is 3. The first-order chi connectivity index (χ1) is 7.52. The minimum Gasteiger partial charge on any atom is -0.459 e. The Morgan fingerprint density at radius 1 is 1.56 bits per heavy atom. The molecule has 1 N–H and O–H groups in total. The molecule has 2 heterocycles. The molecule has 4 heteroatoms. The number of aryl methyl sites for hydroxylation is 1. The van der Waals surface area contributed by atoms with Gasteiger partial charge in [-0.1, -0.05) is 0 Å². The van der Waals surface area contributed by atoms with Crippen molar-refractivity contribution in [2.24, 2.45) is 0 Å². The zero-order valence-corrected chi connectivity index (χ0v) is 10.0. The van der Waals surface area contributed by atoms with Crippen molar-refractivity contribution in [1.82, 2.24) is 10.2 Å². The molecule has 88 valence electrons. The van der Waals surface area contributed by atoms with Crippen LogP contribution >= 0.6 is 0 Å². The third kappa shape index (κ3) is 1.85. The van der Waals surface area contributed by atoms with Crippen LogP contribution < -0.4 is 5.32 Å². The van der Waals surface area contributed by atoms with E-state index in [0.29, 0.717) is 5.76 Å². The lowest BCUT2D eigenvalue weighted by molar-refractivity contribution is 0.0445. The lowest BCUT2D eigenvalue weighted by Gasteiger charge is -2.42. The van der Waals surface area contributed by atoms with Crippen LogP contribution in [0.15, 0.2) is 16.7 Å². The first-order valence-corrected chi connectivity index (χ1v) is 5.59. The molecule has 0 radical (unpaired) electrons. The summed E-state index contributed by atoms with van der Waals surface area (Å²) in [5, 5.41) is 3.30. The van der Waals surface area contributed by atoms with Gasteiger partial charge in [0.25, 0.3) is 5.91 Å². The fraction of sp³-hybridized carbons (Fsp3) is 0.583. The molecule has 0 aromatic carbocycles. The average Bonchev–Trinajstić information content (AvgIpc) is 2.63. The molecule has 0 atom stereocenters. The smallest absolute Gasteiger partial charge is 0.290 e. The number of nitrogens with zero attached hydrogens (tertiary/aromatic N) is 1. The number of carbonyl (C=O) groups is 1. The molecule has 1 aromatic rings. The second-order valence-corrected chi connectivity index (χ2v) is 4.88. The normalized spacial score (nSPS) is 19.8. The fourth-order valence-electron chi connectivity index (χ4n) is 2.07. The predicted molar refractivity (Wildman–Crippen MR) is 61.4 cm³/mol. The van der Waals surface area contributed by atoms with Gasteiger partial charge in [0, 0.05) is 25.2 Å². The molecule has 1 aliphatic heterocycles.